The Morgan fingerprint density at radius 1 is 1.08 bits per heavy atom. The molecule has 0 atom stereocenters. The van der Waals surface area contributed by atoms with Gasteiger partial charge in [-0.25, -0.2) is 9.78 Å². The number of anilines is 2. The fourth-order valence-electron chi connectivity index (χ4n) is 3.57. The van der Waals surface area contributed by atoms with Gasteiger partial charge in [0.1, 0.15) is 22.6 Å². The molecule has 0 saturated carbocycles. The number of ether oxygens (including phenoxy) is 2. The fourth-order valence-corrected chi connectivity index (χ4v) is 3.83. The Balaban J connectivity index is 1.30. The number of H-pyrrole nitrogens is 1. The van der Waals surface area contributed by atoms with Crippen LogP contribution in [0.15, 0.2) is 65.1 Å². The van der Waals surface area contributed by atoms with Gasteiger partial charge in [0.05, 0.1) is 22.7 Å². The van der Waals surface area contributed by atoms with E-state index in [0.717, 1.165) is 12.1 Å². The molecule has 3 aromatic carbocycles. The maximum atomic E-state index is 13.0. The number of furan rings is 1. The van der Waals surface area contributed by atoms with E-state index in [-0.39, 0.29) is 34.4 Å². The molecule has 0 aliphatic heterocycles. The normalized spacial score (nSPS) is 11.7. The molecule has 0 bridgehead atoms. The molecule has 36 heavy (non-hydrogen) atoms. The van der Waals surface area contributed by atoms with Gasteiger partial charge in [-0.1, -0.05) is 11.6 Å². The van der Waals surface area contributed by atoms with Crippen molar-refractivity contribution < 1.29 is 31.9 Å². The zero-order chi connectivity index (χ0) is 25.4. The standard InChI is InChI=1S/C25H17ClF3N3O4/c1-2-34-23(33)21-10-13-9-17(7-8-20(13)36-21)35-16-5-3-15(4-6-16)30-24-31-19-12-14(25(27,28)29)11-18(26)22(19)32-24/h3-12H,2H2,1H3,(H2,30,31,32). The van der Waals surface area contributed by atoms with Crippen LogP contribution in [-0.4, -0.2) is 22.5 Å². The summed E-state index contributed by atoms with van der Waals surface area (Å²) in [7, 11) is 0. The lowest BCUT2D eigenvalue weighted by Gasteiger charge is -2.07. The van der Waals surface area contributed by atoms with E-state index in [1.165, 1.54) is 0 Å². The summed E-state index contributed by atoms with van der Waals surface area (Å²) in [6.07, 6.45) is -4.52. The highest BCUT2D eigenvalue weighted by atomic mass is 35.5. The number of aromatic nitrogens is 2. The SMILES string of the molecule is CCOC(=O)c1cc2cc(Oc3ccc(Nc4nc5c(Cl)cc(C(F)(F)F)cc5[nH]4)cc3)ccc2o1. The summed E-state index contributed by atoms with van der Waals surface area (Å²) in [6.45, 7) is 1.96. The van der Waals surface area contributed by atoms with Gasteiger partial charge in [0, 0.05) is 11.1 Å². The van der Waals surface area contributed by atoms with Gasteiger partial charge in [0.2, 0.25) is 11.7 Å². The molecule has 0 amide bonds. The Bertz CT molecular complexity index is 1580. The van der Waals surface area contributed by atoms with Gasteiger partial charge < -0.3 is 24.2 Å². The lowest BCUT2D eigenvalue weighted by Crippen LogP contribution is -2.04. The number of nitrogens with zero attached hydrogens (tertiary/aromatic N) is 1. The summed E-state index contributed by atoms with van der Waals surface area (Å²) in [5, 5.41) is 3.59. The number of benzene rings is 3. The molecule has 184 valence electrons. The third-order valence-corrected chi connectivity index (χ3v) is 5.47. The highest BCUT2D eigenvalue weighted by molar-refractivity contribution is 6.35. The number of fused-ring (bicyclic) bond motifs is 2. The first-order valence-corrected chi connectivity index (χ1v) is 11.1. The molecular weight excluding hydrogens is 499 g/mol. The number of nitrogens with one attached hydrogen (secondary N) is 2. The van der Waals surface area contributed by atoms with Crippen LogP contribution in [0.3, 0.4) is 0 Å². The summed E-state index contributed by atoms with van der Waals surface area (Å²) in [4.78, 5) is 18.9. The number of carbonyl (C=O) groups is 1. The highest BCUT2D eigenvalue weighted by Gasteiger charge is 2.31. The van der Waals surface area contributed by atoms with Crippen molar-refractivity contribution in [2.75, 3.05) is 11.9 Å². The summed E-state index contributed by atoms with van der Waals surface area (Å²) in [5.74, 6) is 0.888. The summed E-state index contributed by atoms with van der Waals surface area (Å²) >= 11 is 5.99. The summed E-state index contributed by atoms with van der Waals surface area (Å²) in [5.41, 5.74) is 0.685. The summed E-state index contributed by atoms with van der Waals surface area (Å²) < 4.78 is 55.5. The van der Waals surface area contributed by atoms with Crippen LogP contribution >= 0.6 is 11.6 Å². The largest absolute Gasteiger partial charge is 0.460 e. The van der Waals surface area contributed by atoms with E-state index in [1.54, 1.807) is 55.5 Å². The van der Waals surface area contributed by atoms with Gasteiger partial charge in [-0.2, -0.15) is 13.2 Å². The number of hydrogen-bond acceptors (Lipinski definition) is 6. The maximum absolute atomic E-state index is 13.0. The van der Waals surface area contributed by atoms with Crippen LogP contribution in [0.2, 0.25) is 5.02 Å². The predicted octanol–water partition coefficient (Wildman–Crippen LogP) is 7.69. The van der Waals surface area contributed by atoms with Crippen molar-refractivity contribution in [3.05, 3.63) is 77.0 Å². The van der Waals surface area contributed by atoms with Crippen LogP contribution in [0.5, 0.6) is 11.5 Å². The molecule has 0 spiro atoms. The molecule has 7 nitrogen and oxygen atoms in total. The number of esters is 1. The molecule has 2 aromatic heterocycles. The number of rotatable bonds is 6. The van der Waals surface area contributed by atoms with Crippen LogP contribution in [0.4, 0.5) is 24.8 Å². The molecule has 0 saturated heterocycles. The van der Waals surface area contributed by atoms with E-state index < -0.39 is 17.7 Å². The van der Waals surface area contributed by atoms with E-state index >= 15 is 0 Å². The second-order valence-corrected chi connectivity index (χ2v) is 8.13. The van der Waals surface area contributed by atoms with Crippen LogP contribution < -0.4 is 10.1 Å². The van der Waals surface area contributed by atoms with Gasteiger partial charge in [0.25, 0.3) is 0 Å². The third-order valence-electron chi connectivity index (χ3n) is 5.18. The molecule has 0 radical (unpaired) electrons. The van der Waals surface area contributed by atoms with E-state index in [4.69, 9.17) is 25.5 Å². The zero-order valence-corrected chi connectivity index (χ0v) is 19.3. The first kappa shape index (κ1) is 23.6. The average Bonchev–Trinajstić information content (AvgIpc) is 3.44. The average molecular weight is 516 g/mol. The van der Waals surface area contributed by atoms with E-state index in [1.807, 2.05) is 0 Å². The second kappa shape index (κ2) is 9.12. The number of alkyl halides is 3. The van der Waals surface area contributed by atoms with Crippen molar-refractivity contribution in [3.63, 3.8) is 0 Å². The molecule has 0 unspecified atom stereocenters. The van der Waals surface area contributed by atoms with Crippen LogP contribution in [0, 0.1) is 0 Å². The van der Waals surface area contributed by atoms with Crippen LogP contribution in [0.25, 0.3) is 22.0 Å². The number of imidazole rings is 1. The highest BCUT2D eigenvalue weighted by Crippen LogP contribution is 2.35. The topological polar surface area (TPSA) is 89.4 Å². The van der Waals surface area contributed by atoms with Gasteiger partial charge in [-0.3, -0.25) is 0 Å². The monoisotopic (exact) mass is 515 g/mol. The van der Waals surface area contributed by atoms with E-state index in [2.05, 4.69) is 15.3 Å². The molecule has 11 heteroatoms. The summed E-state index contributed by atoms with van der Waals surface area (Å²) in [6, 6.07) is 15.4. The van der Waals surface area contributed by atoms with Crippen molar-refractivity contribution >= 4 is 51.2 Å². The Labute approximate surface area is 206 Å². The Morgan fingerprint density at radius 3 is 2.56 bits per heavy atom. The van der Waals surface area contributed by atoms with Crippen molar-refractivity contribution in [2.45, 2.75) is 13.1 Å². The molecule has 2 heterocycles. The number of aromatic amines is 1. The second-order valence-electron chi connectivity index (χ2n) is 7.72. The number of halogens is 4. The lowest BCUT2D eigenvalue weighted by atomic mass is 10.2. The van der Waals surface area contributed by atoms with Crippen molar-refractivity contribution in [2.24, 2.45) is 0 Å². The molecular formula is C25H17ClF3N3O4. The van der Waals surface area contributed by atoms with Crippen molar-refractivity contribution in [1.82, 2.24) is 9.97 Å². The minimum Gasteiger partial charge on any atom is -0.460 e. The zero-order valence-electron chi connectivity index (χ0n) is 18.6. The Morgan fingerprint density at radius 2 is 1.83 bits per heavy atom. The first-order chi connectivity index (χ1) is 17.2. The van der Waals surface area contributed by atoms with E-state index in [0.29, 0.717) is 28.2 Å². The quantitative estimate of drug-likeness (QED) is 0.225. The van der Waals surface area contributed by atoms with Gasteiger partial charge in [0.15, 0.2) is 0 Å². The van der Waals surface area contributed by atoms with E-state index in [9.17, 15) is 18.0 Å². The van der Waals surface area contributed by atoms with Crippen LogP contribution in [0.1, 0.15) is 23.0 Å². The van der Waals surface area contributed by atoms with Gasteiger partial charge in [-0.05, 0) is 67.6 Å². The molecule has 0 fully saturated rings. The smallest absolute Gasteiger partial charge is 0.416 e. The first-order valence-electron chi connectivity index (χ1n) is 10.7. The molecule has 5 aromatic rings. The molecule has 0 aliphatic carbocycles. The predicted molar refractivity (Wildman–Crippen MR) is 128 cm³/mol. The van der Waals surface area contributed by atoms with Crippen molar-refractivity contribution in [3.8, 4) is 11.5 Å². The molecule has 2 N–H and O–H groups in total. The lowest BCUT2D eigenvalue weighted by molar-refractivity contribution is -0.137. The van der Waals surface area contributed by atoms with Crippen molar-refractivity contribution in [1.29, 1.82) is 0 Å². The molecule has 5 rings (SSSR count). The van der Waals surface area contributed by atoms with Gasteiger partial charge in [-0.15, -0.1) is 0 Å². The van der Waals surface area contributed by atoms with Gasteiger partial charge >= 0.3 is 12.1 Å². The third kappa shape index (κ3) is 4.80. The fraction of sp³-hybridized carbons (Fsp3) is 0.120. The number of carbonyl (C=O) groups excluding carboxylic acids is 1. The number of hydrogen-bond donors (Lipinski definition) is 2. The van der Waals surface area contributed by atoms with Crippen LogP contribution in [-0.2, 0) is 10.9 Å². The molecule has 0 aliphatic rings. The minimum atomic E-state index is -4.52. The Hall–Kier alpha value is -4.18. The Kier molecular flexibility index (Phi) is 5.97. The minimum absolute atomic E-state index is 0.100. The maximum Gasteiger partial charge on any atom is 0.416 e.